The highest BCUT2D eigenvalue weighted by Gasteiger charge is 2.62. The minimum atomic E-state index is -3.86. The van der Waals surface area contributed by atoms with Gasteiger partial charge in [-0.1, -0.05) is 43.2 Å². The molecule has 3 heterocycles. The van der Waals surface area contributed by atoms with Crippen molar-refractivity contribution in [1.82, 2.24) is 19.9 Å². The van der Waals surface area contributed by atoms with E-state index in [9.17, 15) is 27.2 Å². The van der Waals surface area contributed by atoms with Gasteiger partial charge in [-0.05, 0) is 68.9 Å². The molecule has 3 N–H and O–H groups in total. The lowest BCUT2D eigenvalue weighted by molar-refractivity contribution is -0.140. The zero-order valence-electron chi connectivity index (χ0n) is 26.3. The lowest BCUT2D eigenvalue weighted by Crippen LogP contribution is -2.57. The number of para-hydroxylation sites is 2. The van der Waals surface area contributed by atoms with Crippen molar-refractivity contribution in [2.24, 2.45) is 5.92 Å². The largest absolute Gasteiger partial charge is 0.445 e. The minimum absolute atomic E-state index is 0.000223. The SMILES string of the molecule is O=C1N[C@]2(C(=O)NS(=O)(=O)C3CC3)C[C@@H]2/C=C\CCCCC[C@H](Nc2cccc(F)c2)C(=O)N2C[C@H](Oc3nc4ccccc4o3)C[C@@H]12. The highest BCUT2D eigenvalue weighted by Crippen LogP contribution is 2.46. The molecule has 1 aromatic heterocycles. The van der Waals surface area contributed by atoms with Crippen LogP contribution in [0.5, 0.6) is 6.08 Å². The molecule has 0 bridgehead atoms. The summed E-state index contributed by atoms with van der Waals surface area (Å²) in [5.74, 6) is -2.60. The molecular weight excluding hydrogens is 641 g/mol. The van der Waals surface area contributed by atoms with E-state index in [4.69, 9.17) is 9.15 Å². The number of ether oxygens (including phenoxy) is 1. The molecule has 4 aliphatic rings. The molecule has 0 unspecified atom stereocenters. The molecule has 48 heavy (non-hydrogen) atoms. The van der Waals surface area contributed by atoms with Crippen molar-refractivity contribution in [1.29, 1.82) is 0 Å². The number of amides is 3. The van der Waals surface area contributed by atoms with Crippen LogP contribution in [0.2, 0.25) is 0 Å². The maximum atomic E-state index is 14.3. The van der Waals surface area contributed by atoms with Crippen LogP contribution in [-0.4, -0.2) is 71.5 Å². The molecule has 0 spiro atoms. The number of allylic oxidation sites excluding steroid dienone is 1. The summed E-state index contributed by atoms with van der Waals surface area (Å²) in [7, 11) is -3.86. The fraction of sp³-hybridized carbons (Fsp3) is 0.471. The average Bonchev–Trinajstić information content (AvgIpc) is 3.94. The molecule has 12 nitrogen and oxygen atoms in total. The first kappa shape index (κ1) is 32.1. The first-order valence-electron chi connectivity index (χ1n) is 16.5. The van der Waals surface area contributed by atoms with Crippen LogP contribution in [0, 0.1) is 11.7 Å². The van der Waals surface area contributed by atoms with Crippen LogP contribution in [0.25, 0.3) is 11.1 Å². The van der Waals surface area contributed by atoms with Crippen molar-refractivity contribution in [3.63, 3.8) is 0 Å². The molecule has 14 heteroatoms. The predicted molar refractivity (Wildman–Crippen MR) is 174 cm³/mol. The van der Waals surface area contributed by atoms with E-state index in [0.717, 1.165) is 19.3 Å². The van der Waals surface area contributed by atoms with Gasteiger partial charge in [-0.3, -0.25) is 19.1 Å². The summed E-state index contributed by atoms with van der Waals surface area (Å²) in [5, 5.41) is 5.43. The van der Waals surface area contributed by atoms with Crippen molar-refractivity contribution < 1.29 is 36.3 Å². The van der Waals surface area contributed by atoms with Gasteiger partial charge in [-0.2, -0.15) is 4.98 Å². The molecule has 2 saturated carbocycles. The van der Waals surface area contributed by atoms with Gasteiger partial charge < -0.3 is 24.7 Å². The maximum Gasteiger partial charge on any atom is 0.394 e. The molecule has 7 rings (SSSR count). The smallest absolute Gasteiger partial charge is 0.394 e. The standard InChI is InChI=1S/C34H38FN5O7S/c35-22-10-8-11-23(17-22)36-27-13-5-3-1-2-4-9-21-19-34(21,32(43)39-48(44,45)25-15-16-25)38-30(41)28-18-24(20-40(28)31(27)42)46-33-37-26-12-6-7-14-29(26)47-33/h4,6-12,14,17,21,24-25,27-28,36H,1-3,5,13,15-16,18-20H2,(H,38,41)(H,39,43)/b9-4-/t21-,24+,27-,28-,34+/m0/s1. The van der Waals surface area contributed by atoms with Crippen molar-refractivity contribution >= 4 is 44.5 Å². The Morgan fingerprint density at radius 3 is 2.71 bits per heavy atom. The predicted octanol–water partition coefficient (Wildman–Crippen LogP) is 3.80. The number of hydrogen-bond acceptors (Lipinski definition) is 9. The molecule has 2 aromatic carbocycles. The second-order valence-electron chi connectivity index (χ2n) is 13.1. The number of aromatic nitrogens is 1. The minimum Gasteiger partial charge on any atom is -0.445 e. The number of nitrogens with zero attached hydrogens (tertiary/aromatic N) is 2. The van der Waals surface area contributed by atoms with Gasteiger partial charge in [0.25, 0.3) is 5.91 Å². The fourth-order valence-electron chi connectivity index (χ4n) is 6.67. The number of hydrogen-bond donors (Lipinski definition) is 3. The van der Waals surface area contributed by atoms with Crippen LogP contribution >= 0.6 is 0 Å². The molecule has 2 aliphatic carbocycles. The Kier molecular flexibility index (Phi) is 8.60. The van der Waals surface area contributed by atoms with Crippen LogP contribution in [-0.2, 0) is 24.4 Å². The summed E-state index contributed by atoms with van der Waals surface area (Å²) in [5.41, 5.74) is 0.0796. The molecule has 5 atom stereocenters. The van der Waals surface area contributed by atoms with E-state index in [-0.39, 0.29) is 31.4 Å². The van der Waals surface area contributed by atoms with E-state index in [1.165, 1.54) is 17.0 Å². The zero-order valence-corrected chi connectivity index (χ0v) is 27.1. The number of carbonyl (C=O) groups is 3. The van der Waals surface area contributed by atoms with E-state index in [0.29, 0.717) is 42.5 Å². The quantitative estimate of drug-likeness (QED) is 0.316. The van der Waals surface area contributed by atoms with Gasteiger partial charge in [0, 0.05) is 18.0 Å². The summed E-state index contributed by atoms with van der Waals surface area (Å²) < 4.78 is 53.6. The Morgan fingerprint density at radius 2 is 1.92 bits per heavy atom. The van der Waals surface area contributed by atoms with Crippen LogP contribution < -0.4 is 20.1 Å². The zero-order chi connectivity index (χ0) is 33.5. The van der Waals surface area contributed by atoms with Crippen LogP contribution in [0.4, 0.5) is 10.1 Å². The summed E-state index contributed by atoms with van der Waals surface area (Å²) in [6.45, 7) is 0.0234. The highest BCUT2D eigenvalue weighted by atomic mass is 32.2. The van der Waals surface area contributed by atoms with Gasteiger partial charge in [0.05, 0.1) is 11.8 Å². The van der Waals surface area contributed by atoms with E-state index in [1.807, 2.05) is 18.2 Å². The average molecular weight is 680 g/mol. The first-order chi connectivity index (χ1) is 23.1. The van der Waals surface area contributed by atoms with Gasteiger partial charge >= 0.3 is 6.08 Å². The van der Waals surface area contributed by atoms with Crippen molar-refractivity contribution in [2.45, 2.75) is 86.8 Å². The lowest BCUT2D eigenvalue weighted by atomic mass is 10.0. The molecule has 3 fully saturated rings. The van der Waals surface area contributed by atoms with Gasteiger partial charge in [0.1, 0.15) is 35.1 Å². The Labute approximate surface area is 277 Å². The van der Waals surface area contributed by atoms with Crippen LogP contribution in [0.15, 0.2) is 65.1 Å². The number of oxazole rings is 1. The van der Waals surface area contributed by atoms with Gasteiger partial charge in [-0.15, -0.1) is 0 Å². The molecule has 2 aliphatic heterocycles. The number of halogens is 1. The first-order valence-corrected chi connectivity index (χ1v) is 18.1. The number of sulfonamides is 1. The van der Waals surface area contributed by atoms with E-state index >= 15 is 0 Å². The molecule has 0 radical (unpaired) electrons. The van der Waals surface area contributed by atoms with Crippen LogP contribution in [0.1, 0.15) is 57.8 Å². The van der Waals surface area contributed by atoms with Crippen molar-refractivity contribution in [3.05, 3.63) is 66.5 Å². The highest BCUT2D eigenvalue weighted by molar-refractivity contribution is 7.91. The number of fused-ring (bicyclic) bond motifs is 3. The molecule has 1 saturated heterocycles. The Hall–Kier alpha value is -4.46. The van der Waals surface area contributed by atoms with Gasteiger partial charge in [0.2, 0.25) is 21.8 Å². The number of rotatable bonds is 7. The summed E-state index contributed by atoms with van der Waals surface area (Å²) in [6, 6.07) is 11.2. The van der Waals surface area contributed by atoms with Gasteiger partial charge in [0.15, 0.2) is 5.58 Å². The topological polar surface area (TPSA) is 160 Å². The Balaban J connectivity index is 1.18. The summed E-state index contributed by atoms with van der Waals surface area (Å²) in [6.07, 6.45) is 7.93. The summed E-state index contributed by atoms with van der Waals surface area (Å²) >= 11 is 0. The van der Waals surface area contributed by atoms with Crippen molar-refractivity contribution in [3.8, 4) is 6.08 Å². The summed E-state index contributed by atoms with van der Waals surface area (Å²) in [4.78, 5) is 47.9. The van der Waals surface area contributed by atoms with E-state index < -0.39 is 62.5 Å². The number of nitrogens with one attached hydrogen (secondary N) is 3. The third kappa shape index (κ3) is 6.75. The monoisotopic (exact) mass is 679 g/mol. The third-order valence-electron chi connectivity index (χ3n) is 9.55. The number of carbonyl (C=O) groups excluding carboxylic acids is 3. The lowest BCUT2D eigenvalue weighted by Gasteiger charge is -2.30. The van der Waals surface area contributed by atoms with Crippen LogP contribution in [0.3, 0.4) is 0 Å². The Morgan fingerprint density at radius 1 is 1.08 bits per heavy atom. The second kappa shape index (κ2) is 12.9. The molecule has 3 aromatic rings. The Bertz CT molecular complexity index is 1830. The van der Waals surface area contributed by atoms with Crippen molar-refractivity contribution in [2.75, 3.05) is 11.9 Å². The van der Waals surface area contributed by atoms with E-state index in [1.54, 1.807) is 30.3 Å². The molecule has 3 amide bonds. The number of anilines is 1. The maximum absolute atomic E-state index is 14.3. The van der Waals surface area contributed by atoms with Gasteiger partial charge in [-0.25, -0.2) is 12.8 Å². The number of benzene rings is 2. The fourth-order valence-corrected chi connectivity index (χ4v) is 8.03. The normalized spacial score (nSPS) is 28.7. The molecular formula is C34H38FN5O7S. The third-order valence-corrected chi connectivity index (χ3v) is 11.4. The van der Waals surface area contributed by atoms with E-state index in [2.05, 4.69) is 20.3 Å². The molecule has 254 valence electrons. The second-order valence-corrected chi connectivity index (χ2v) is 15.1.